The number of carbonyl (C=O) groups is 2. The Kier molecular flexibility index (Phi) is 4.76. The van der Waals surface area contributed by atoms with Crippen LogP contribution in [0.4, 0.5) is 4.79 Å². The molecule has 4 rings (SSSR count). The highest BCUT2D eigenvalue weighted by molar-refractivity contribution is 6.14. The Morgan fingerprint density at radius 1 is 1.03 bits per heavy atom. The zero-order valence-corrected chi connectivity index (χ0v) is 16.6. The number of nitrogens with zero attached hydrogens (tertiary/aromatic N) is 3. The largest absolute Gasteiger partial charge is 0.329 e. The molecule has 1 fully saturated rings. The van der Waals surface area contributed by atoms with Crippen LogP contribution in [-0.2, 0) is 11.3 Å². The lowest BCUT2D eigenvalue weighted by atomic mass is 10.1. The molecule has 146 valence electrons. The highest BCUT2D eigenvalue weighted by Gasteiger charge is 2.33. The van der Waals surface area contributed by atoms with Crippen LogP contribution in [-0.4, -0.2) is 26.4 Å². The number of rotatable bonds is 4. The Bertz CT molecular complexity index is 1130. The zero-order chi connectivity index (χ0) is 20.5. The number of aromatic nitrogens is 2. The minimum atomic E-state index is -0.398. The summed E-state index contributed by atoms with van der Waals surface area (Å²) in [5.41, 5.74) is 6.22. The standard InChI is InChI=1S/C23H22N4O2/c1-15-5-4-6-18(11-15)14-26-22(28)21(25-23(26)29)13-19-12-16(2)27(17(19)3)20-7-9-24-10-8-20/h4-13H,14H2,1-3H3,(H,25,29)/b21-13+. The summed E-state index contributed by atoms with van der Waals surface area (Å²) in [4.78, 5) is 30.5. The van der Waals surface area contributed by atoms with Gasteiger partial charge in [0.15, 0.2) is 0 Å². The molecule has 3 aromatic rings. The molecule has 0 unspecified atom stereocenters. The van der Waals surface area contributed by atoms with Crippen molar-refractivity contribution >= 4 is 18.0 Å². The van der Waals surface area contributed by atoms with E-state index < -0.39 is 6.03 Å². The average Bonchev–Trinajstić information content (AvgIpc) is 3.12. The zero-order valence-electron chi connectivity index (χ0n) is 16.6. The number of imide groups is 1. The molecule has 0 radical (unpaired) electrons. The van der Waals surface area contributed by atoms with Gasteiger partial charge in [0.2, 0.25) is 0 Å². The van der Waals surface area contributed by atoms with Crippen LogP contribution in [0.1, 0.15) is 28.1 Å². The molecule has 0 saturated carbocycles. The van der Waals surface area contributed by atoms with E-state index in [0.29, 0.717) is 0 Å². The number of urea groups is 1. The van der Waals surface area contributed by atoms with Crippen molar-refractivity contribution in [3.63, 3.8) is 0 Å². The number of nitrogens with one attached hydrogen (secondary N) is 1. The molecule has 2 aromatic heterocycles. The predicted octanol–water partition coefficient (Wildman–Crippen LogP) is 3.89. The molecule has 6 nitrogen and oxygen atoms in total. The molecule has 29 heavy (non-hydrogen) atoms. The van der Waals surface area contributed by atoms with Gasteiger partial charge in [-0.1, -0.05) is 29.8 Å². The summed E-state index contributed by atoms with van der Waals surface area (Å²) < 4.78 is 2.10. The van der Waals surface area contributed by atoms with Crippen molar-refractivity contribution in [1.29, 1.82) is 0 Å². The number of hydrogen-bond donors (Lipinski definition) is 1. The second-order valence-electron chi connectivity index (χ2n) is 7.24. The summed E-state index contributed by atoms with van der Waals surface area (Å²) in [6.07, 6.45) is 5.24. The molecule has 1 N–H and O–H groups in total. The summed E-state index contributed by atoms with van der Waals surface area (Å²) in [5, 5.41) is 2.71. The van der Waals surface area contributed by atoms with E-state index in [9.17, 15) is 9.59 Å². The highest BCUT2D eigenvalue weighted by atomic mass is 16.2. The maximum absolute atomic E-state index is 12.8. The number of amides is 3. The van der Waals surface area contributed by atoms with Crippen LogP contribution in [0, 0.1) is 20.8 Å². The molecule has 6 heteroatoms. The first kappa shape index (κ1) is 18.7. The van der Waals surface area contributed by atoms with Crippen LogP contribution < -0.4 is 5.32 Å². The Hall–Kier alpha value is -3.67. The van der Waals surface area contributed by atoms with Crippen LogP contribution in [0.3, 0.4) is 0 Å². The molecule has 0 atom stereocenters. The van der Waals surface area contributed by atoms with Gasteiger partial charge in [0.05, 0.1) is 6.54 Å². The van der Waals surface area contributed by atoms with E-state index in [-0.39, 0.29) is 18.1 Å². The van der Waals surface area contributed by atoms with Crippen molar-refractivity contribution in [2.45, 2.75) is 27.3 Å². The molecular weight excluding hydrogens is 364 g/mol. The van der Waals surface area contributed by atoms with E-state index in [1.54, 1.807) is 18.5 Å². The third-order valence-corrected chi connectivity index (χ3v) is 5.08. The summed E-state index contributed by atoms with van der Waals surface area (Å²) in [6.45, 7) is 6.24. The van der Waals surface area contributed by atoms with Gasteiger partial charge < -0.3 is 9.88 Å². The molecule has 0 bridgehead atoms. The third-order valence-electron chi connectivity index (χ3n) is 5.08. The van der Waals surface area contributed by atoms with Crippen molar-refractivity contribution in [2.24, 2.45) is 0 Å². The van der Waals surface area contributed by atoms with Crippen molar-refractivity contribution in [3.8, 4) is 5.69 Å². The smallest absolute Gasteiger partial charge is 0.318 e. The van der Waals surface area contributed by atoms with Gasteiger partial charge in [-0.2, -0.15) is 0 Å². The van der Waals surface area contributed by atoms with E-state index >= 15 is 0 Å². The lowest BCUT2D eigenvalue weighted by Crippen LogP contribution is -2.30. The van der Waals surface area contributed by atoms with E-state index in [1.165, 1.54) is 4.90 Å². The second kappa shape index (κ2) is 7.39. The topological polar surface area (TPSA) is 67.2 Å². The number of carbonyl (C=O) groups excluding carboxylic acids is 2. The van der Waals surface area contributed by atoms with Gasteiger partial charge in [-0.25, -0.2) is 4.79 Å². The summed E-state index contributed by atoms with van der Waals surface area (Å²) >= 11 is 0. The number of hydrogen-bond acceptors (Lipinski definition) is 3. The van der Waals surface area contributed by atoms with Crippen molar-refractivity contribution < 1.29 is 9.59 Å². The van der Waals surface area contributed by atoms with Crippen molar-refractivity contribution in [3.05, 3.63) is 88.6 Å². The molecule has 0 aliphatic carbocycles. The fraction of sp³-hybridized carbons (Fsp3) is 0.174. The van der Waals surface area contributed by atoms with Gasteiger partial charge in [-0.05, 0) is 56.2 Å². The molecule has 1 aliphatic rings. The van der Waals surface area contributed by atoms with Crippen molar-refractivity contribution in [1.82, 2.24) is 19.8 Å². The van der Waals surface area contributed by atoms with Gasteiger partial charge in [0.25, 0.3) is 5.91 Å². The third kappa shape index (κ3) is 3.57. The first-order valence-corrected chi connectivity index (χ1v) is 9.43. The van der Waals surface area contributed by atoms with E-state index in [4.69, 9.17) is 0 Å². The summed E-state index contributed by atoms with van der Waals surface area (Å²) in [5.74, 6) is -0.315. The molecule has 0 spiro atoms. The van der Waals surface area contributed by atoms with E-state index in [0.717, 1.165) is 33.8 Å². The van der Waals surface area contributed by atoms with Crippen molar-refractivity contribution in [2.75, 3.05) is 0 Å². The van der Waals surface area contributed by atoms with Crippen LogP contribution in [0.5, 0.6) is 0 Å². The molecule has 1 aliphatic heterocycles. The minimum absolute atomic E-state index is 0.250. The van der Waals surface area contributed by atoms with Crippen LogP contribution >= 0.6 is 0 Å². The van der Waals surface area contributed by atoms with Crippen LogP contribution in [0.2, 0.25) is 0 Å². The van der Waals surface area contributed by atoms with Gasteiger partial charge in [-0.3, -0.25) is 14.7 Å². The first-order valence-electron chi connectivity index (χ1n) is 9.43. The van der Waals surface area contributed by atoms with E-state index in [2.05, 4.69) is 14.9 Å². The Morgan fingerprint density at radius 2 is 1.79 bits per heavy atom. The quantitative estimate of drug-likeness (QED) is 0.546. The maximum Gasteiger partial charge on any atom is 0.329 e. The predicted molar refractivity (Wildman–Crippen MR) is 111 cm³/mol. The fourth-order valence-electron chi connectivity index (χ4n) is 3.69. The lowest BCUT2D eigenvalue weighted by Gasteiger charge is -2.12. The van der Waals surface area contributed by atoms with Gasteiger partial charge >= 0.3 is 6.03 Å². The fourth-order valence-corrected chi connectivity index (χ4v) is 3.69. The summed E-state index contributed by atoms with van der Waals surface area (Å²) in [7, 11) is 0. The maximum atomic E-state index is 12.8. The monoisotopic (exact) mass is 386 g/mol. The van der Waals surface area contributed by atoms with E-state index in [1.807, 2.05) is 63.2 Å². The van der Waals surface area contributed by atoms with Crippen LogP contribution in [0.25, 0.3) is 11.8 Å². The van der Waals surface area contributed by atoms with Crippen LogP contribution in [0.15, 0.2) is 60.6 Å². The number of pyridine rings is 1. The van der Waals surface area contributed by atoms with Gasteiger partial charge in [0, 0.05) is 29.5 Å². The highest BCUT2D eigenvalue weighted by Crippen LogP contribution is 2.24. The number of aryl methyl sites for hydroxylation is 2. The molecule has 1 aromatic carbocycles. The Balaban J connectivity index is 1.63. The average molecular weight is 386 g/mol. The lowest BCUT2D eigenvalue weighted by molar-refractivity contribution is -0.123. The molecular formula is C23H22N4O2. The van der Waals surface area contributed by atoms with Gasteiger partial charge in [-0.15, -0.1) is 0 Å². The molecule has 1 saturated heterocycles. The minimum Gasteiger partial charge on any atom is -0.318 e. The van der Waals surface area contributed by atoms with Gasteiger partial charge in [0.1, 0.15) is 5.70 Å². The Morgan fingerprint density at radius 3 is 2.52 bits per heavy atom. The normalized spacial score (nSPS) is 15.3. The Labute approximate surface area is 169 Å². The molecule has 3 heterocycles. The summed E-state index contributed by atoms with van der Waals surface area (Å²) in [6, 6.07) is 13.3. The first-order chi connectivity index (χ1) is 13.9. The molecule has 3 amide bonds. The SMILES string of the molecule is Cc1cccc(CN2C(=O)N/C(=C/c3cc(C)n(-c4ccncc4)c3C)C2=O)c1. The number of benzene rings is 1. The second-order valence-corrected chi connectivity index (χ2v) is 7.24.